The van der Waals surface area contributed by atoms with Crippen LogP contribution in [0.1, 0.15) is 13.8 Å². The lowest BCUT2D eigenvalue weighted by Crippen LogP contribution is -2.19. The predicted octanol–water partition coefficient (Wildman–Crippen LogP) is 4.19. The molecule has 6 heteroatoms. The molecule has 1 atom stereocenters. The highest BCUT2D eigenvalue weighted by atomic mass is 79.9. The van der Waals surface area contributed by atoms with Crippen LogP contribution in [0.5, 0.6) is 5.75 Å². The van der Waals surface area contributed by atoms with Gasteiger partial charge in [0.1, 0.15) is 11.3 Å². The molecule has 1 heterocycles. The monoisotopic (exact) mass is 352 g/mol. The van der Waals surface area contributed by atoms with Crippen LogP contribution in [-0.2, 0) is 0 Å². The third kappa shape index (κ3) is 3.50. The predicted molar refractivity (Wildman–Crippen MR) is 86.0 cm³/mol. The Morgan fingerprint density at radius 1 is 1.38 bits per heavy atom. The highest BCUT2D eigenvalue weighted by Crippen LogP contribution is 2.31. The van der Waals surface area contributed by atoms with Gasteiger partial charge in [-0.2, -0.15) is 0 Å². The number of halogens is 1. The van der Waals surface area contributed by atoms with Crippen LogP contribution in [-0.4, -0.2) is 21.8 Å². The Hall–Kier alpha value is -1.69. The molecule has 2 rings (SSSR count). The second-order valence-corrected chi connectivity index (χ2v) is 5.86. The molecular weight excluding hydrogens is 336 g/mol. The van der Waals surface area contributed by atoms with Crippen LogP contribution >= 0.6 is 15.9 Å². The molecule has 0 aliphatic carbocycles. The average Bonchev–Trinajstić information content (AvgIpc) is 2.47. The number of alkyl halides is 1. The van der Waals surface area contributed by atoms with Gasteiger partial charge in [0.2, 0.25) is 0 Å². The van der Waals surface area contributed by atoms with Crippen molar-refractivity contribution in [2.45, 2.75) is 13.8 Å². The molecule has 0 fully saturated rings. The zero-order chi connectivity index (χ0) is 15.4. The Morgan fingerprint density at radius 3 is 2.76 bits per heavy atom. The van der Waals surface area contributed by atoms with Gasteiger partial charge in [0.05, 0.1) is 16.9 Å². The molecular formula is C15H17BrN2O3. The third-order valence-corrected chi connectivity index (χ3v) is 4.33. The number of benzene rings is 1. The van der Waals surface area contributed by atoms with Gasteiger partial charge < -0.3 is 4.74 Å². The molecule has 0 saturated carbocycles. The molecule has 1 unspecified atom stereocenters. The van der Waals surface area contributed by atoms with Crippen LogP contribution in [0.4, 0.5) is 5.69 Å². The van der Waals surface area contributed by atoms with Crippen molar-refractivity contribution in [3.63, 3.8) is 0 Å². The lowest BCUT2D eigenvalue weighted by molar-refractivity contribution is -0.383. The minimum Gasteiger partial charge on any atom is -0.491 e. The summed E-state index contributed by atoms with van der Waals surface area (Å²) in [4.78, 5) is 14.9. The standard InChI is InChI=1S/C15H17BrN2O3/c1-10(2)11(8-16)9-21-14-6-5-13(18(19)20)12-4-3-7-17-15(12)14/h3-7,10-11H,8-9H2,1-2H3. The number of nitro groups is 1. The SMILES string of the molecule is CC(C)C(CBr)COc1ccc([N+](=O)[O-])c2cccnc12. The molecule has 0 amide bonds. The zero-order valence-corrected chi connectivity index (χ0v) is 13.5. The Bertz CT molecular complexity index is 646. The Balaban J connectivity index is 2.33. The first-order valence-electron chi connectivity index (χ1n) is 6.75. The fraction of sp³-hybridized carbons (Fsp3) is 0.400. The maximum Gasteiger partial charge on any atom is 0.279 e. The smallest absolute Gasteiger partial charge is 0.279 e. The van der Waals surface area contributed by atoms with Crippen molar-refractivity contribution < 1.29 is 9.66 Å². The van der Waals surface area contributed by atoms with Gasteiger partial charge in [-0.1, -0.05) is 29.8 Å². The van der Waals surface area contributed by atoms with E-state index in [0.717, 1.165) is 5.33 Å². The van der Waals surface area contributed by atoms with Crippen LogP contribution in [0.3, 0.4) is 0 Å². The fourth-order valence-electron chi connectivity index (χ4n) is 2.02. The summed E-state index contributed by atoms with van der Waals surface area (Å²) in [6.07, 6.45) is 1.61. The first-order chi connectivity index (χ1) is 10.0. The number of ether oxygens (including phenoxy) is 1. The summed E-state index contributed by atoms with van der Waals surface area (Å²) in [5.41, 5.74) is 0.579. The number of nitrogens with zero attached hydrogens (tertiary/aromatic N) is 2. The van der Waals surface area contributed by atoms with Gasteiger partial charge in [-0.3, -0.25) is 15.1 Å². The molecule has 0 aliphatic rings. The highest BCUT2D eigenvalue weighted by Gasteiger charge is 2.18. The van der Waals surface area contributed by atoms with Gasteiger partial charge in [0, 0.05) is 23.5 Å². The fourth-order valence-corrected chi connectivity index (χ4v) is 2.95. The van der Waals surface area contributed by atoms with E-state index in [-0.39, 0.29) is 5.69 Å². The highest BCUT2D eigenvalue weighted by molar-refractivity contribution is 9.09. The molecule has 0 radical (unpaired) electrons. The summed E-state index contributed by atoms with van der Waals surface area (Å²) in [5, 5.41) is 12.4. The summed E-state index contributed by atoms with van der Waals surface area (Å²) >= 11 is 3.49. The lowest BCUT2D eigenvalue weighted by Gasteiger charge is -2.19. The number of fused-ring (bicyclic) bond motifs is 1. The molecule has 2 aromatic rings. The van der Waals surface area contributed by atoms with E-state index in [0.29, 0.717) is 35.1 Å². The Labute approximate surface area is 131 Å². The molecule has 0 bridgehead atoms. The summed E-state index contributed by atoms with van der Waals surface area (Å²) in [7, 11) is 0. The first kappa shape index (κ1) is 15.7. The van der Waals surface area contributed by atoms with Crippen molar-refractivity contribution in [2.24, 2.45) is 11.8 Å². The van der Waals surface area contributed by atoms with E-state index in [4.69, 9.17) is 4.74 Å². The average molecular weight is 353 g/mol. The van der Waals surface area contributed by atoms with E-state index in [1.54, 1.807) is 24.4 Å². The molecule has 5 nitrogen and oxygen atoms in total. The number of hydrogen-bond acceptors (Lipinski definition) is 4. The van der Waals surface area contributed by atoms with Crippen molar-refractivity contribution in [3.8, 4) is 5.75 Å². The van der Waals surface area contributed by atoms with Gasteiger partial charge in [-0.15, -0.1) is 0 Å². The van der Waals surface area contributed by atoms with Gasteiger partial charge in [0.25, 0.3) is 5.69 Å². The van der Waals surface area contributed by atoms with Gasteiger partial charge in [0.15, 0.2) is 0 Å². The topological polar surface area (TPSA) is 65.3 Å². The number of aromatic nitrogens is 1. The molecule has 0 saturated heterocycles. The Morgan fingerprint density at radius 2 is 2.14 bits per heavy atom. The molecule has 1 aromatic heterocycles. The molecule has 21 heavy (non-hydrogen) atoms. The Kier molecular flexibility index (Phi) is 5.12. The first-order valence-corrected chi connectivity index (χ1v) is 7.87. The quantitative estimate of drug-likeness (QED) is 0.444. The van der Waals surface area contributed by atoms with E-state index in [1.807, 2.05) is 0 Å². The summed E-state index contributed by atoms with van der Waals surface area (Å²) in [6, 6.07) is 6.48. The largest absolute Gasteiger partial charge is 0.491 e. The van der Waals surface area contributed by atoms with Crippen LogP contribution < -0.4 is 4.74 Å². The van der Waals surface area contributed by atoms with Crippen molar-refractivity contribution in [1.82, 2.24) is 4.98 Å². The molecule has 112 valence electrons. The van der Waals surface area contributed by atoms with Crippen molar-refractivity contribution in [1.29, 1.82) is 0 Å². The van der Waals surface area contributed by atoms with Crippen molar-refractivity contribution in [3.05, 3.63) is 40.6 Å². The number of rotatable bonds is 6. The van der Waals surface area contributed by atoms with Gasteiger partial charge in [-0.05, 0) is 24.1 Å². The van der Waals surface area contributed by atoms with Crippen LogP contribution in [0.25, 0.3) is 10.9 Å². The van der Waals surface area contributed by atoms with E-state index in [2.05, 4.69) is 34.8 Å². The van der Waals surface area contributed by atoms with E-state index < -0.39 is 4.92 Å². The summed E-state index contributed by atoms with van der Waals surface area (Å²) in [6.45, 7) is 4.83. The normalized spacial score (nSPS) is 12.6. The molecule has 0 spiro atoms. The maximum absolute atomic E-state index is 11.1. The van der Waals surface area contributed by atoms with Gasteiger partial charge in [-0.25, -0.2) is 0 Å². The van der Waals surface area contributed by atoms with Crippen molar-refractivity contribution in [2.75, 3.05) is 11.9 Å². The number of hydrogen-bond donors (Lipinski definition) is 0. The van der Waals surface area contributed by atoms with E-state index >= 15 is 0 Å². The van der Waals surface area contributed by atoms with E-state index in [9.17, 15) is 10.1 Å². The minimum absolute atomic E-state index is 0.0475. The number of pyridine rings is 1. The summed E-state index contributed by atoms with van der Waals surface area (Å²) in [5.74, 6) is 1.45. The lowest BCUT2D eigenvalue weighted by atomic mass is 9.99. The molecule has 0 N–H and O–H groups in total. The van der Waals surface area contributed by atoms with Crippen LogP contribution in [0, 0.1) is 22.0 Å². The molecule has 0 aliphatic heterocycles. The van der Waals surface area contributed by atoms with Crippen molar-refractivity contribution >= 4 is 32.5 Å². The second-order valence-electron chi connectivity index (χ2n) is 5.21. The van der Waals surface area contributed by atoms with Crippen LogP contribution in [0.2, 0.25) is 0 Å². The third-order valence-electron chi connectivity index (χ3n) is 3.50. The minimum atomic E-state index is -0.400. The summed E-state index contributed by atoms with van der Waals surface area (Å²) < 4.78 is 5.85. The number of nitro benzene ring substituents is 1. The van der Waals surface area contributed by atoms with Gasteiger partial charge >= 0.3 is 0 Å². The number of non-ortho nitro benzene ring substituents is 1. The zero-order valence-electron chi connectivity index (χ0n) is 12.0. The molecule has 1 aromatic carbocycles. The van der Waals surface area contributed by atoms with Crippen LogP contribution in [0.15, 0.2) is 30.5 Å². The second kappa shape index (κ2) is 6.85. The van der Waals surface area contributed by atoms with E-state index in [1.165, 1.54) is 6.07 Å². The maximum atomic E-state index is 11.1.